The molecule has 2 atom stereocenters. The Balaban J connectivity index is 2.37. The third kappa shape index (κ3) is 1.25. The van der Waals surface area contributed by atoms with Crippen LogP contribution in [0.5, 0.6) is 0 Å². The molecule has 3 rings (SSSR count). The Labute approximate surface area is 118 Å². The average Bonchev–Trinajstić information content (AvgIpc) is 2.77. The monoisotopic (exact) mass is 313 g/mol. The SMILES string of the molecule is Clc1c(Cl)c(Cl)c2c(c1Cl)C1C=CC2N1Cl. The molecule has 0 N–H and O–H groups in total. The lowest BCUT2D eigenvalue weighted by Crippen LogP contribution is -2.06. The molecule has 0 saturated heterocycles. The molecule has 2 aliphatic rings. The van der Waals surface area contributed by atoms with Gasteiger partial charge in [-0.05, 0) is 11.8 Å². The van der Waals surface area contributed by atoms with E-state index in [0.29, 0.717) is 10.0 Å². The number of fused-ring (bicyclic) bond motifs is 5. The molecule has 0 radical (unpaired) electrons. The summed E-state index contributed by atoms with van der Waals surface area (Å²) in [6.07, 6.45) is 3.96. The van der Waals surface area contributed by atoms with Gasteiger partial charge in [-0.3, -0.25) is 0 Å². The first-order valence-corrected chi connectivity index (χ1v) is 6.37. The molecule has 0 amide bonds. The first-order valence-electron chi connectivity index (χ1n) is 4.52. The highest BCUT2D eigenvalue weighted by Gasteiger charge is 2.43. The molecule has 1 aromatic carbocycles. The molecular formula is C10H4Cl5N. The first kappa shape index (κ1) is 11.5. The van der Waals surface area contributed by atoms with Crippen molar-refractivity contribution in [2.45, 2.75) is 12.1 Å². The summed E-state index contributed by atoms with van der Waals surface area (Å²) in [5.41, 5.74) is 1.73. The molecule has 1 aromatic rings. The molecule has 2 heterocycles. The molecule has 16 heavy (non-hydrogen) atoms. The van der Waals surface area contributed by atoms with Crippen molar-refractivity contribution in [3.63, 3.8) is 0 Å². The Morgan fingerprint density at radius 2 is 1.12 bits per heavy atom. The number of rotatable bonds is 0. The second kappa shape index (κ2) is 3.68. The van der Waals surface area contributed by atoms with Crippen LogP contribution in [0.4, 0.5) is 0 Å². The molecule has 0 saturated carbocycles. The van der Waals surface area contributed by atoms with Crippen LogP contribution in [0.15, 0.2) is 12.2 Å². The second-order valence-electron chi connectivity index (χ2n) is 3.70. The van der Waals surface area contributed by atoms with Gasteiger partial charge in [0.15, 0.2) is 0 Å². The molecule has 0 fully saturated rings. The smallest absolute Gasteiger partial charge is 0.0797 e. The van der Waals surface area contributed by atoms with Crippen molar-refractivity contribution in [3.8, 4) is 0 Å². The fraction of sp³-hybridized carbons (Fsp3) is 0.200. The lowest BCUT2D eigenvalue weighted by atomic mass is 9.97. The average molecular weight is 315 g/mol. The highest BCUT2D eigenvalue weighted by atomic mass is 35.5. The van der Waals surface area contributed by atoms with E-state index in [1.54, 1.807) is 4.42 Å². The van der Waals surface area contributed by atoms with Gasteiger partial charge in [-0.2, -0.15) is 4.42 Å². The molecule has 1 nitrogen and oxygen atoms in total. The zero-order valence-electron chi connectivity index (χ0n) is 7.65. The Kier molecular flexibility index (Phi) is 2.64. The Bertz CT molecular complexity index is 480. The van der Waals surface area contributed by atoms with Crippen molar-refractivity contribution in [2.24, 2.45) is 0 Å². The van der Waals surface area contributed by atoms with E-state index < -0.39 is 0 Å². The summed E-state index contributed by atoms with van der Waals surface area (Å²) in [5.74, 6) is 0. The summed E-state index contributed by atoms with van der Waals surface area (Å²) in [5, 5.41) is 1.46. The molecule has 0 spiro atoms. The molecular weight excluding hydrogens is 311 g/mol. The van der Waals surface area contributed by atoms with E-state index in [2.05, 4.69) is 0 Å². The van der Waals surface area contributed by atoms with Crippen molar-refractivity contribution in [1.29, 1.82) is 0 Å². The van der Waals surface area contributed by atoms with Crippen LogP contribution in [-0.2, 0) is 0 Å². The number of benzene rings is 1. The van der Waals surface area contributed by atoms with Gasteiger partial charge in [0, 0.05) is 11.1 Å². The lowest BCUT2D eigenvalue weighted by Gasteiger charge is -2.15. The van der Waals surface area contributed by atoms with Crippen molar-refractivity contribution in [3.05, 3.63) is 43.4 Å². The van der Waals surface area contributed by atoms with E-state index in [1.165, 1.54) is 0 Å². The molecule has 0 aliphatic carbocycles. The molecule has 84 valence electrons. The quantitative estimate of drug-likeness (QED) is 0.267. The van der Waals surface area contributed by atoms with Gasteiger partial charge in [-0.15, -0.1) is 0 Å². The van der Waals surface area contributed by atoms with Gasteiger partial charge < -0.3 is 0 Å². The molecule has 6 heteroatoms. The predicted molar refractivity (Wildman–Crippen MR) is 68.8 cm³/mol. The van der Waals surface area contributed by atoms with Crippen molar-refractivity contribution in [2.75, 3.05) is 0 Å². The van der Waals surface area contributed by atoms with E-state index in [-0.39, 0.29) is 22.1 Å². The number of nitrogens with zero attached hydrogens (tertiary/aromatic N) is 1. The molecule has 0 aromatic heterocycles. The topological polar surface area (TPSA) is 3.24 Å². The van der Waals surface area contributed by atoms with E-state index >= 15 is 0 Å². The Morgan fingerprint density at radius 1 is 0.750 bits per heavy atom. The van der Waals surface area contributed by atoms with Crippen LogP contribution < -0.4 is 0 Å². The summed E-state index contributed by atoms with van der Waals surface area (Å²) in [4.78, 5) is 0. The van der Waals surface area contributed by atoms with Gasteiger partial charge >= 0.3 is 0 Å². The van der Waals surface area contributed by atoms with Crippen LogP contribution in [-0.4, -0.2) is 4.42 Å². The number of hydrogen-bond donors (Lipinski definition) is 0. The summed E-state index contributed by atoms with van der Waals surface area (Å²) in [7, 11) is 0. The summed E-state index contributed by atoms with van der Waals surface area (Å²) < 4.78 is 1.66. The zero-order chi connectivity index (χ0) is 11.6. The van der Waals surface area contributed by atoms with Gasteiger partial charge in [-0.1, -0.05) is 58.6 Å². The number of halogens is 5. The van der Waals surface area contributed by atoms with Crippen LogP contribution in [0.1, 0.15) is 23.2 Å². The van der Waals surface area contributed by atoms with Gasteiger partial charge in [0.2, 0.25) is 0 Å². The fourth-order valence-corrected chi connectivity index (χ4v) is 3.66. The van der Waals surface area contributed by atoms with Crippen molar-refractivity contribution in [1.82, 2.24) is 4.42 Å². The lowest BCUT2D eigenvalue weighted by molar-refractivity contribution is 0.424. The zero-order valence-corrected chi connectivity index (χ0v) is 11.4. The standard InChI is InChI=1S/C10H4Cl5N/c11-7-5-3-1-2-4(16(3)15)6(5)8(12)10(14)9(7)13/h1-4H. The fourth-order valence-electron chi connectivity index (χ4n) is 2.23. The first-order chi connectivity index (χ1) is 7.54. The summed E-state index contributed by atoms with van der Waals surface area (Å²) >= 11 is 30.6. The van der Waals surface area contributed by atoms with E-state index in [0.717, 1.165) is 11.1 Å². The predicted octanol–water partition coefficient (Wildman–Crippen LogP) is 5.42. The van der Waals surface area contributed by atoms with Gasteiger partial charge in [0.05, 0.1) is 32.2 Å². The van der Waals surface area contributed by atoms with Crippen LogP contribution in [0.25, 0.3) is 0 Å². The third-order valence-corrected chi connectivity index (χ3v) is 5.19. The minimum atomic E-state index is -0.0681. The minimum absolute atomic E-state index is 0.0681. The van der Waals surface area contributed by atoms with Crippen molar-refractivity contribution >= 4 is 58.2 Å². The van der Waals surface area contributed by atoms with Crippen molar-refractivity contribution < 1.29 is 0 Å². The van der Waals surface area contributed by atoms with Crippen LogP contribution in [0.3, 0.4) is 0 Å². The van der Waals surface area contributed by atoms with Gasteiger partial charge in [-0.25, -0.2) is 0 Å². The van der Waals surface area contributed by atoms with Crippen LogP contribution in [0.2, 0.25) is 20.1 Å². The highest BCUT2D eigenvalue weighted by Crippen LogP contribution is 2.57. The molecule has 2 bridgehead atoms. The van der Waals surface area contributed by atoms with E-state index in [4.69, 9.17) is 58.2 Å². The Morgan fingerprint density at radius 3 is 1.50 bits per heavy atom. The van der Waals surface area contributed by atoms with Crippen LogP contribution >= 0.6 is 58.2 Å². The van der Waals surface area contributed by atoms with Gasteiger partial charge in [0.1, 0.15) is 0 Å². The number of hydrogen-bond acceptors (Lipinski definition) is 1. The largest absolute Gasteiger partial charge is 0.197 e. The van der Waals surface area contributed by atoms with Gasteiger partial charge in [0.25, 0.3) is 0 Å². The highest BCUT2D eigenvalue weighted by molar-refractivity contribution is 6.52. The molecule has 2 aliphatic heterocycles. The van der Waals surface area contributed by atoms with Crippen LogP contribution in [0, 0.1) is 0 Å². The maximum absolute atomic E-state index is 6.18. The Hall–Kier alpha value is 0.370. The maximum atomic E-state index is 6.18. The van der Waals surface area contributed by atoms with E-state index in [9.17, 15) is 0 Å². The summed E-state index contributed by atoms with van der Waals surface area (Å²) in [6.45, 7) is 0. The second-order valence-corrected chi connectivity index (χ2v) is 5.60. The maximum Gasteiger partial charge on any atom is 0.0797 e. The normalized spacial score (nSPS) is 26.6. The third-order valence-electron chi connectivity index (χ3n) is 2.94. The molecule has 2 unspecified atom stereocenters. The van der Waals surface area contributed by atoms with E-state index in [1.807, 2.05) is 12.2 Å². The minimum Gasteiger partial charge on any atom is -0.197 e. The summed E-state index contributed by atoms with van der Waals surface area (Å²) in [6, 6.07) is -0.136.